The molecule has 0 spiro atoms. The molecule has 0 aliphatic heterocycles. The smallest absolute Gasteiger partial charge is 0.0326 e. The summed E-state index contributed by atoms with van der Waals surface area (Å²) in [6.45, 7) is 12.1. The van der Waals surface area contributed by atoms with E-state index in [1.165, 1.54) is 57.8 Å². The highest BCUT2D eigenvalue weighted by molar-refractivity contribution is 4.82. The summed E-state index contributed by atoms with van der Waals surface area (Å²) in [5.74, 6) is 2.86. The van der Waals surface area contributed by atoms with Gasteiger partial charge in [0.25, 0.3) is 0 Å². The Kier molecular flexibility index (Phi) is 6.74. The quantitative estimate of drug-likeness (QED) is 0.488. The van der Waals surface area contributed by atoms with Gasteiger partial charge in [0.15, 0.2) is 0 Å². The fraction of sp³-hybridized carbons (Fsp3) is 1.00. The molecular formula is C18H36. The molecule has 0 aromatic carbocycles. The van der Waals surface area contributed by atoms with Gasteiger partial charge >= 0.3 is 0 Å². The molecule has 1 saturated carbocycles. The summed E-state index contributed by atoms with van der Waals surface area (Å²) in [6.07, 6.45) is 13.2. The maximum Gasteiger partial charge on any atom is -0.0326 e. The first kappa shape index (κ1) is 16.1. The van der Waals surface area contributed by atoms with Crippen molar-refractivity contribution in [3.63, 3.8) is 0 Å². The van der Waals surface area contributed by atoms with Crippen LogP contribution < -0.4 is 0 Å². The predicted molar refractivity (Wildman–Crippen MR) is 82.8 cm³/mol. The molecular weight excluding hydrogens is 216 g/mol. The van der Waals surface area contributed by atoms with Crippen LogP contribution in [0.4, 0.5) is 0 Å². The normalized spacial score (nSPS) is 30.7. The van der Waals surface area contributed by atoms with E-state index in [-0.39, 0.29) is 0 Å². The molecule has 1 aliphatic carbocycles. The van der Waals surface area contributed by atoms with Gasteiger partial charge in [0.1, 0.15) is 0 Å². The van der Waals surface area contributed by atoms with Crippen molar-refractivity contribution in [2.75, 3.05) is 0 Å². The molecule has 0 heteroatoms. The predicted octanol–water partition coefficient (Wildman–Crippen LogP) is 6.45. The number of hydrogen-bond acceptors (Lipinski definition) is 0. The van der Waals surface area contributed by atoms with Crippen molar-refractivity contribution < 1.29 is 0 Å². The monoisotopic (exact) mass is 252 g/mol. The van der Waals surface area contributed by atoms with Crippen molar-refractivity contribution in [1.82, 2.24) is 0 Å². The van der Waals surface area contributed by atoms with Crippen LogP contribution in [-0.4, -0.2) is 0 Å². The fourth-order valence-electron chi connectivity index (χ4n) is 3.57. The molecule has 1 rings (SSSR count). The van der Waals surface area contributed by atoms with Crippen LogP contribution >= 0.6 is 0 Å². The van der Waals surface area contributed by atoms with Crippen LogP contribution in [-0.2, 0) is 0 Å². The first-order chi connectivity index (χ1) is 8.45. The van der Waals surface area contributed by atoms with Crippen LogP contribution in [0.2, 0.25) is 0 Å². The molecule has 108 valence electrons. The lowest BCUT2D eigenvalue weighted by molar-refractivity contribution is 0.142. The molecule has 0 N–H and O–H groups in total. The average Bonchev–Trinajstić information content (AvgIpc) is 2.34. The summed E-state index contributed by atoms with van der Waals surface area (Å²) < 4.78 is 0. The van der Waals surface area contributed by atoms with Gasteiger partial charge in [-0.05, 0) is 36.0 Å². The Morgan fingerprint density at radius 2 is 1.83 bits per heavy atom. The lowest BCUT2D eigenvalue weighted by atomic mass is 9.68. The minimum Gasteiger partial charge on any atom is -0.0649 e. The van der Waals surface area contributed by atoms with Crippen LogP contribution in [0.25, 0.3) is 0 Å². The summed E-state index contributed by atoms with van der Waals surface area (Å²) in [5, 5.41) is 0. The van der Waals surface area contributed by atoms with Crippen LogP contribution in [0.1, 0.15) is 92.4 Å². The van der Waals surface area contributed by atoms with Crippen molar-refractivity contribution in [3.8, 4) is 0 Å². The Morgan fingerprint density at radius 3 is 2.44 bits per heavy atom. The molecule has 0 saturated heterocycles. The first-order valence-corrected chi connectivity index (χ1v) is 8.45. The molecule has 18 heavy (non-hydrogen) atoms. The maximum absolute atomic E-state index is 2.52. The minimum atomic E-state index is 0.671. The Labute approximate surface area is 116 Å². The molecule has 1 fully saturated rings. The zero-order valence-electron chi connectivity index (χ0n) is 13.6. The molecule has 0 radical (unpaired) electrons. The number of hydrogen-bond donors (Lipinski definition) is 0. The number of rotatable bonds is 7. The van der Waals surface area contributed by atoms with E-state index in [2.05, 4.69) is 34.6 Å². The lowest BCUT2D eigenvalue weighted by Crippen LogP contribution is -2.25. The Balaban J connectivity index is 2.22. The fourth-order valence-corrected chi connectivity index (χ4v) is 3.57. The van der Waals surface area contributed by atoms with Gasteiger partial charge in [0.2, 0.25) is 0 Å². The highest BCUT2D eigenvalue weighted by Gasteiger charge is 2.30. The molecule has 1 aliphatic rings. The summed E-state index contributed by atoms with van der Waals surface area (Å²) in [4.78, 5) is 0. The van der Waals surface area contributed by atoms with Gasteiger partial charge in [0.05, 0.1) is 0 Å². The largest absolute Gasteiger partial charge is 0.0649 e. The molecule has 0 bridgehead atoms. The second-order valence-corrected chi connectivity index (χ2v) is 7.78. The third-order valence-electron chi connectivity index (χ3n) is 5.33. The standard InChI is InChI=1S/C18H36/c1-6-18(5)13-7-8-17(14-18)12-11-16(4)10-9-15(2)3/h15-17H,6-14H2,1-5H3. The maximum atomic E-state index is 2.52. The van der Waals surface area contributed by atoms with Crippen molar-refractivity contribution in [1.29, 1.82) is 0 Å². The topological polar surface area (TPSA) is 0 Å². The second kappa shape index (κ2) is 7.56. The van der Waals surface area contributed by atoms with E-state index in [0.29, 0.717) is 5.41 Å². The van der Waals surface area contributed by atoms with Gasteiger partial charge in [0, 0.05) is 0 Å². The highest BCUT2D eigenvalue weighted by atomic mass is 14.4. The van der Waals surface area contributed by atoms with E-state index in [1.807, 2.05) is 0 Å². The van der Waals surface area contributed by atoms with Crippen molar-refractivity contribution >= 4 is 0 Å². The lowest BCUT2D eigenvalue weighted by Gasteiger charge is -2.38. The van der Waals surface area contributed by atoms with E-state index in [0.717, 1.165) is 17.8 Å². The van der Waals surface area contributed by atoms with Crippen molar-refractivity contribution in [2.45, 2.75) is 92.4 Å². The third-order valence-corrected chi connectivity index (χ3v) is 5.33. The Morgan fingerprint density at radius 1 is 1.11 bits per heavy atom. The van der Waals surface area contributed by atoms with E-state index < -0.39 is 0 Å². The molecule has 0 aromatic heterocycles. The summed E-state index contributed by atoms with van der Waals surface area (Å²) >= 11 is 0. The Bertz CT molecular complexity index is 218. The van der Waals surface area contributed by atoms with Gasteiger partial charge in [-0.3, -0.25) is 0 Å². The van der Waals surface area contributed by atoms with Gasteiger partial charge in [-0.25, -0.2) is 0 Å². The highest BCUT2D eigenvalue weighted by Crippen LogP contribution is 2.43. The Hall–Kier alpha value is 0. The van der Waals surface area contributed by atoms with Crippen LogP contribution in [0.3, 0.4) is 0 Å². The second-order valence-electron chi connectivity index (χ2n) is 7.78. The third kappa shape index (κ3) is 5.76. The van der Waals surface area contributed by atoms with E-state index >= 15 is 0 Å². The summed E-state index contributed by atoms with van der Waals surface area (Å²) in [7, 11) is 0. The molecule has 0 amide bonds. The van der Waals surface area contributed by atoms with Crippen molar-refractivity contribution in [2.24, 2.45) is 23.2 Å². The summed E-state index contributed by atoms with van der Waals surface area (Å²) in [5.41, 5.74) is 0.671. The van der Waals surface area contributed by atoms with Crippen LogP contribution in [0, 0.1) is 23.2 Å². The van der Waals surface area contributed by atoms with Gasteiger partial charge in [-0.1, -0.05) is 79.6 Å². The molecule has 0 aromatic rings. The van der Waals surface area contributed by atoms with E-state index in [4.69, 9.17) is 0 Å². The first-order valence-electron chi connectivity index (χ1n) is 8.45. The zero-order valence-corrected chi connectivity index (χ0v) is 13.6. The van der Waals surface area contributed by atoms with Crippen LogP contribution in [0.5, 0.6) is 0 Å². The van der Waals surface area contributed by atoms with E-state index in [9.17, 15) is 0 Å². The van der Waals surface area contributed by atoms with Gasteiger partial charge < -0.3 is 0 Å². The van der Waals surface area contributed by atoms with Crippen molar-refractivity contribution in [3.05, 3.63) is 0 Å². The van der Waals surface area contributed by atoms with E-state index in [1.54, 1.807) is 0 Å². The van der Waals surface area contributed by atoms with Gasteiger partial charge in [-0.15, -0.1) is 0 Å². The SMILES string of the molecule is CCC1(C)CCCC(CCC(C)CCC(C)C)C1. The minimum absolute atomic E-state index is 0.671. The van der Waals surface area contributed by atoms with Gasteiger partial charge in [-0.2, -0.15) is 0 Å². The molecule has 0 heterocycles. The molecule has 3 atom stereocenters. The molecule has 3 unspecified atom stereocenters. The zero-order chi connectivity index (χ0) is 13.6. The summed E-state index contributed by atoms with van der Waals surface area (Å²) in [6, 6.07) is 0. The van der Waals surface area contributed by atoms with Crippen LogP contribution in [0.15, 0.2) is 0 Å². The molecule has 0 nitrogen and oxygen atoms in total. The average molecular weight is 252 g/mol.